The number of carbonyl (C=O) groups is 1. The van der Waals surface area contributed by atoms with Crippen LogP contribution in [0.4, 0.5) is 0 Å². The van der Waals surface area contributed by atoms with Crippen LogP contribution in [0.1, 0.15) is 36.8 Å². The molecule has 2 aromatic rings. The molecule has 0 unspecified atom stereocenters. The maximum atomic E-state index is 10.8. The van der Waals surface area contributed by atoms with E-state index in [0.717, 1.165) is 11.8 Å². The number of H-pyrrole nitrogens is 1. The molecule has 0 saturated carbocycles. The Kier molecular flexibility index (Phi) is 2.84. The van der Waals surface area contributed by atoms with Gasteiger partial charge in [-0.15, -0.1) is 0 Å². The van der Waals surface area contributed by atoms with Gasteiger partial charge in [-0.3, -0.25) is 4.79 Å². The van der Waals surface area contributed by atoms with Crippen LogP contribution in [-0.4, -0.2) is 16.3 Å². The second-order valence-electron chi connectivity index (χ2n) is 5.11. The van der Waals surface area contributed by atoms with Gasteiger partial charge in [0.05, 0.1) is 12.0 Å². The van der Waals surface area contributed by atoms with Crippen molar-refractivity contribution in [1.82, 2.24) is 9.97 Å². The lowest BCUT2D eigenvalue weighted by Gasteiger charge is -2.18. The van der Waals surface area contributed by atoms with E-state index in [-0.39, 0.29) is 5.41 Å². The molecule has 0 aliphatic heterocycles. The fourth-order valence-electron chi connectivity index (χ4n) is 1.75. The number of carbonyl (C=O) groups excluding carboxylic acids is 1. The maximum Gasteiger partial charge on any atom is 0.168 e. The monoisotopic (exact) mass is 228 g/mol. The minimum absolute atomic E-state index is 0.137. The Hall–Kier alpha value is -1.90. The van der Waals surface area contributed by atoms with E-state index in [1.54, 1.807) is 0 Å². The van der Waals surface area contributed by atoms with Crippen molar-refractivity contribution in [3.63, 3.8) is 0 Å². The summed E-state index contributed by atoms with van der Waals surface area (Å²) in [5.41, 5.74) is 3.59. The highest BCUT2D eigenvalue weighted by Crippen LogP contribution is 2.26. The van der Waals surface area contributed by atoms with Crippen LogP contribution in [0.25, 0.3) is 11.3 Å². The summed E-state index contributed by atoms with van der Waals surface area (Å²) in [5.74, 6) is 0. The number of hydrogen-bond acceptors (Lipinski definition) is 2. The lowest BCUT2D eigenvalue weighted by atomic mass is 9.86. The van der Waals surface area contributed by atoms with Gasteiger partial charge in [0.2, 0.25) is 0 Å². The van der Waals surface area contributed by atoms with Crippen LogP contribution >= 0.6 is 0 Å². The van der Waals surface area contributed by atoms with E-state index in [4.69, 9.17) is 0 Å². The number of rotatable bonds is 2. The first-order valence-electron chi connectivity index (χ1n) is 5.62. The first kappa shape index (κ1) is 11.6. The molecule has 0 saturated heterocycles. The van der Waals surface area contributed by atoms with Gasteiger partial charge in [0.25, 0.3) is 0 Å². The highest BCUT2D eigenvalue weighted by Gasteiger charge is 2.14. The molecule has 0 spiro atoms. The normalized spacial score (nSPS) is 11.5. The minimum Gasteiger partial charge on any atom is -0.342 e. The van der Waals surface area contributed by atoms with E-state index in [1.807, 2.05) is 12.1 Å². The highest BCUT2D eigenvalue weighted by molar-refractivity contribution is 5.83. The molecule has 0 bridgehead atoms. The Bertz CT molecular complexity index is 518. The summed E-state index contributed by atoms with van der Waals surface area (Å²) in [6.45, 7) is 6.52. The van der Waals surface area contributed by atoms with Gasteiger partial charge in [-0.05, 0) is 11.0 Å². The number of hydrogen-bond donors (Lipinski definition) is 1. The number of aldehydes is 1. The van der Waals surface area contributed by atoms with Crippen molar-refractivity contribution in [2.75, 3.05) is 0 Å². The first-order chi connectivity index (χ1) is 8.02. The van der Waals surface area contributed by atoms with Crippen LogP contribution in [0.5, 0.6) is 0 Å². The smallest absolute Gasteiger partial charge is 0.168 e. The predicted octanol–water partition coefficient (Wildman–Crippen LogP) is 3.19. The zero-order valence-electron chi connectivity index (χ0n) is 10.3. The summed E-state index contributed by atoms with van der Waals surface area (Å²) in [6, 6.07) is 8.17. The molecule has 2 rings (SSSR count). The van der Waals surface area contributed by atoms with E-state index in [0.29, 0.717) is 11.4 Å². The molecule has 1 N–H and O–H groups in total. The third kappa shape index (κ3) is 2.28. The quantitative estimate of drug-likeness (QED) is 0.802. The molecule has 0 radical (unpaired) electrons. The van der Waals surface area contributed by atoms with Crippen LogP contribution in [0.2, 0.25) is 0 Å². The van der Waals surface area contributed by atoms with Crippen LogP contribution in [0.15, 0.2) is 30.6 Å². The minimum atomic E-state index is 0.137. The average molecular weight is 228 g/mol. The molecule has 1 aromatic carbocycles. The number of benzene rings is 1. The fourth-order valence-corrected chi connectivity index (χ4v) is 1.75. The molecule has 0 atom stereocenters. The highest BCUT2D eigenvalue weighted by atomic mass is 16.1. The Morgan fingerprint density at radius 1 is 1.18 bits per heavy atom. The number of nitrogens with zero attached hydrogens (tertiary/aromatic N) is 1. The lowest BCUT2D eigenvalue weighted by molar-refractivity contribution is 0.112. The number of aromatic amines is 1. The molecule has 0 aliphatic carbocycles. The van der Waals surface area contributed by atoms with Gasteiger partial charge in [-0.25, -0.2) is 4.98 Å². The van der Waals surface area contributed by atoms with Crippen LogP contribution in [0.3, 0.4) is 0 Å². The van der Waals surface area contributed by atoms with Gasteiger partial charge in [0.1, 0.15) is 5.69 Å². The largest absolute Gasteiger partial charge is 0.342 e. The lowest BCUT2D eigenvalue weighted by Crippen LogP contribution is -2.10. The topological polar surface area (TPSA) is 45.8 Å². The van der Waals surface area contributed by atoms with Crippen molar-refractivity contribution in [1.29, 1.82) is 0 Å². The van der Waals surface area contributed by atoms with E-state index in [9.17, 15) is 4.79 Å². The number of nitrogens with one attached hydrogen (secondary N) is 1. The second-order valence-corrected chi connectivity index (χ2v) is 5.11. The van der Waals surface area contributed by atoms with Crippen molar-refractivity contribution >= 4 is 6.29 Å². The molecule has 1 heterocycles. The zero-order valence-corrected chi connectivity index (χ0v) is 10.3. The van der Waals surface area contributed by atoms with Gasteiger partial charge in [0, 0.05) is 5.56 Å². The molecule has 88 valence electrons. The predicted molar refractivity (Wildman–Crippen MR) is 68.1 cm³/mol. The number of aromatic nitrogens is 2. The second kappa shape index (κ2) is 4.17. The summed E-state index contributed by atoms with van der Waals surface area (Å²) < 4.78 is 0. The van der Waals surface area contributed by atoms with E-state index in [2.05, 4.69) is 42.9 Å². The van der Waals surface area contributed by atoms with E-state index < -0.39 is 0 Å². The SMILES string of the molecule is CC(C)(C)c1ccc(-c2nc[nH]c2C=O)cc1. The standard InChI is InChI=1S/C14H16N2O/c1-14(2,3)11-6-4-10(5-7-11)13-12(8-17)15-9-16-13/h4-9H,1-3H3,(H,15,16). The average Bonchev–Trinajstić information content (AvgIpc) is 2.76. The van der Waals surface area contributed by atoms with Crippen LogP contribution in [0, 0.1) is 0 Å². The molecular formula is C14H16N2O. The summed E-state index contributed by atoms with van der Waals surface area (Å²) in [7, 11) is 0. The molecule has 0 amide bonds. The Balaban J connectivity index is 2.39. The third-order valence-corrected chi connectivity index (χ3v) is 2.81. The molecule has 0 fully saturated rings. The molecule has 17 heavy (non-hydrogen) atoms. The zero-order chi connectivity index (χ0) is 12.5. The van der Waals surface area contributed by atoms with E-state index in [1.165, 1.54) is 11.9 Å². The Morgan fingerprint density at radius 3 is 2.35 bits per heavy atom. The van der Waals surface area contributed by atoms with Crippen molar-refractivity contribution in [3.8, 4) is 11.3 Å². The summed E-state index contributed by atoms with van der Waals surface area (Å²) in [6.07, 6.45) is 2.33. The Morgan fingerprint density at radius 2 is 1.82 bits per heavy atom. The summed E-state index contributed by atoms with van der Waals surface area (Å²) in [5, 5.41) is 0. The van der Waals surface area contributed by atoms with Crippen molar-refractivity contribution < 1.29 is 4.79 Å². The molecule has 1 aromatic heterocycles. The first-order valence-corrected chi connectivity index (χ1v) is 5.62. The Labute approximate surface area is 101 Å². The molecule has 0 aliphatic rings. The summed E-state index contributed by atoms with van der Waals surface area (Å²) >= 11 is 0. The fraction of sp³-hybridized carbons (Fsp3) is 0.286. The van der Waals surface area contributed by atoms with Gasteiger partial charge in [-0.1, -0.05) is 45.0 Å². The van der Waals surface area contributed by atoms with Crippen LogP contribution < -0.4 is 0 Å². The van der Waals surface area contributed by atoms with Crippen molar-refractivity contribution in [2.45, 2.75) is 26.2 Å². The van der Waals surface area contributed by atoms with Gasteiger partial charge < -0.3 is 4.98 Å². The third-order valence-electron chi connectivity index (χ3n) is 2.81. The van der Waals surface area contributed by atoms with Crippen LogP contribution in [-0.2, 0) is 5.41 Å². The molecular weight excluding hydrogens is 212 g/mol. The van der Waals surface area contributed by atoms with Gasteiger partial charge in [-0.2, -0.15) is 0 Å². The molecule has 3 heteroatoms. The van der Waals surface area contributed by atoms with E-state index >= 15 is 0 Å². The summed E-state index contributed by atoms with van der Waals surface area (Å²) in [4.78, 5) is 17.8. The number of imidazole rings is 1. The van der Waals surface area contributed by atoms with Crippen molar-refractivity contribution in [2.24, 2.45) is 0 Å². The van der Waals surface area contributed by atoms with Gasteiger partial charge >= 0.3 is 0 Å². The van der Waals surface area contributed by atoms with Gasteiger partial charge in [0.15, 0.2) is 6.29 Å². The van der Waals surface area contributed by atoms with Crippen molar-refractivity contribution in [3.05, 3.63) is 41.9 Å². The maximum absolute atomic E-state index is 10.8. The molecule has 3 nitrogen and oxygen atoms in total.